The molecule has 1 aromatic carbocycles. The highest BCUT2D eigenvalue weighted by atomic mass is 32.2. The van der Waals surface area contributed by atoms with Crippen molar-refractivity contribution in [1.82, 2.24) is 10.6 Å². The average molecular weight is 309 g/mol. The van der Waals surface area contributed by atoms with Gasteiger partial charge in [-0.05, 0) is 31.4 Å². The van der Waals surface area contributed by atoms with E-state index in [9.17, 15) is 8.42 Å². The SMILES string of the molecule is CCNC(=NCc1ccccc1C)NC1CCS(=O)(=O)C1. The predicted molar refractivity (Wildman–Crippen MR) is 86.2 cm³/mol. The van der Waals surface area contributed by atoms with Crippen molar-refractivity contribution in [3.63, 3.8) is 0 Å². The molecule has 2 rings (SSSR count). The van der Waals surface area contributed by atoms with E-state index in [2.05, 4.69) is 34.7 Å². The lowest BCUT2D eigenvalue weighted by molar-refractivity contribution is 0.599. The highest BCUT2D eigenvalue weighted by Gasteiger charge is 2.28. The number of nitrogens with one attached hydrogen (secondary N) is 2. The van der Waals surface area contributed by atoms with E-state index in [1.54, 1.807) is 0 Å². The molecule has 0 aromatic heterocycles. The van der Waals surface area contributed by atoms with Crippen LogP contribution in [0.25, 0.3) is 0 Å². The van der Waals surface area contributed by atoms with E-state index in [1.807, 2.05) is 19.1 Å². The smallest absolute Gasteiger partial charge is 0.191 e. The van der Waals surface area contributed by atoms with Crippen LogP contribution in [0.2, 0.25) is 0 Å². The third-order valence-corrected chi connectivity index (χ3v) is 5.35. The molecule has 1 aromatic rings. The zero-order valence-electron chi connectivity index (χ0n) is 12.6. The van der Waals surface area contributed by atoms with Crippen LogP contribution in [0.4, 0.5) is 0 Å². The van der Waals surface area contributed by atoms with Crippen molar-refractivity contribution in [3.8, 4) is 0 Å². The van der Waals surface area contributed by atoms with Crippen LogP contribution in [0.3, 0.4) is 0 Å². The van der Waals surface area contributed by atoms with Gasteiger partial charge in [0.15, 0.2) is 15.8 Å². The molecule has 0 aliphatic carbocycles. The van der Waals surface area contributed by atoms with E-state index in [0.717, 1.165) is 6.54 Å². The standard InChI is InChI=1S/C15H23N3O2S/c1-3-16-15(18-14-8-9-21(19,20)11-14)17-10-13-7-5-4-6-12(13)2/h4-7,14H,3,8-11H2,1-2H3,(H2,16,17,18). The highest BCUT2D eigenvalue weighted by molar-refractivity contribution is 7.91. The zero-order chi connectivity index (χ0) is 15.3. The Balaban J connectivity index is 2.01. The van der Waals surface area contributed by atoms with E-state index < -0.39 is 9.84 Å². The Hall–Kier alpha value is -1.56. The molecule has 5 nitrogen and oxygen atoms in total. The maximum Gasteiger partial charge on any atom is 0.191 e. The number of sulfone groups is 1. The minimum absolute atomic E-state index is 0.0373. The zero-order valence-corrected chi connectivity index (χ0v) is 13.4. The molecule has 1 saturated heterocycles. The third kappa shape index (κ3) is 4.74. The van der Waals surface area contributed by atoms with Crippen LogP contribution in [0.5, 0.6) is 0 Å². The minimum atomic E-state index is -2.88. The first-order valence-corrected chi connectivity index (χ1v) is 9.12. The van der Waals surface area contributed by atoms with E-state index in [-0.39, 0.29) is 17.5 Å². The van der Waals surface area contributed by atoms with Gasteiger partial charge in [-0.2, -0.15) is 0 Å². The average Bonchev–Trinajstić information content (AvgIpc) is 2.77. The normalized spacial score (nSPS) is 21.2. The van der Waals surface area contributed by atoms with Gasteiger partial charge in [-0.1, -0.05) is 24.3 Å². The molecule has 6 heteroatoms. The second-order valence-corrected chi connectivity index (χ2v) is 7.59. The van der Waals surface area contributed by atoms with Gasteiger partial charge in [0.05, 0.1) is 18.1 Å². The molecule has 0 spiro atoms. The van der Waals surface area contributed by atoms with Crippen LogP contribution in [0.1, 0.15) is 24.5 Å². The first-order chi connectivity index (χ1) is 10.00. The number of aryl methyl sites for hydroxylation is 1. The van der Waals surface area contributed by atoms with Gasteiger partial charge in [0, 0.05) is 12.6 Å². The van der Waals surface area contributed by atoms with Crippen molar-refractivity contribution in [3.05, 3.63) is 35.4 Å². The Morgan fingerprint density at radius 2 is 2.14 bits per heavy atom. The summed E-state index contributed by atoms with van der Waals surface area (Å²) in [7, 11) is -2.88. The van der Waals surface area contributed by atoms with Crippen molar-refractivity contribution in [1.29, 1.82) is 0 Å². The molecule has 21 heavy (non-hydrogen) atoms. The molecular weight excluding hydrogens is 286 g/mol. The molecule has 1 fully saturated rings. The van der Waals surface area contributed by atoms with Crippen LogP contribution in [0, 0.1) is 6.92 Å². The summed E-state index contributed by atoms with van der Waals surface area (Å²) >= 11 is 0. The van der Waals surface area contributed by atoms with Gasteiger partial charge >= 0.3 is 0 Å². The minimum Gasteiger partial charge on any atom is -0.357 e. The first kappa shape index (κ1) is 15.8. The summed E-state index contributed by atoms with van der Waals surface area (Å²) in [6.45, 7) is 5.39. The summed E-state index contributed by atoms with van der Waals surface area (Å²) in [6, 6.07) is 8.10. The molecule has 2 N–H and O–H groups in total. The Kier molecular flexibility index (Phi) is 5.22. The molecule has 1 heterocycles. The lowest BCUT2D eigenvalue weighted by Crippen LogP contribution is -2.44. The molecular formula is C15H23N3O2S. The number of hydrogen-bond acceptors (Lipinski definition) is 3. The monoisotopic (exact) mass is 309 g/mol. The summed E-state index contributed by atoms with van der Waals surface area (Å²) in [5.74, 6) is 1.15. The topological polar surface area (TPSA) is 70.6 Å². The molecule has 0 amide bonds. The maximum atomic E-state index is 11.5. The molecule has 1 unspecified atom stereocenters. The third-order valence-electron chi connectivity index (χ3n) is 3.59. The van der Waals surface area contributed by atoms with Gasteiger partial charge < -0.3 is 10.6 Å². The van der Waals surface area contributed by atoms with Crippen molar-refractivity contribution >= 4 is 15.8 Å². The Morgan fingerprint density at radius 1 is 1.38 bits per heavy atom. The number of aliphatic imine (C=N–C) groups is 1. The summed E-state index contributed by atoms with van der Waals surface area (Å²) < 4.78 is 23.0. The molecule has 1 aliphatic rings. The second kappa shape index (κ2) is 6.93. The molecule has 0 saturated carbocycles. The summed E-state index contributed by atoms with van der Waals surface area (Å²) in [4.78, 5) is 4.56. The van der Waals surface area contributed by atoms with Crippen LogP contribution in [-0.4, -0.2) is 38.5 Å². The quantitative estimate of drug-likeness (QED) is 0.648. The van der Waals surface area contributed by atoms with Gasteiger partial charge in [-0.15, -0.1) is 0 Å². The number of nitrogens with zero attached hydrogens (tertiary/aromatic N) is 1. The largest absolute Gasteiger partial charge is 0.357 e. The summed E-state index contributed by atoms with van der Waals surface area (Å²) in [6.07, 6.45) is 0.650. The molecule has 1 atom stereocenters. The number of rotatable bonds is 4. The van der Waals surface area contributed by atoms with Gasteiger partial charge in [0.1, 0.15) is 0 Å². The predicted octanol–water partition coefficient (Wildman–Crippen LogP) is 1.24. The van der Waals surface area contributed by atoms with Gasteiger partial charge in [0.25, 0.3) is 0 Å². The van der Waals surface area contributed by atoms with E-state index in [0.29, 0.717) is 18.9 Å². The Bertz CT molecular complexity index is 611. The van der Waals surface area contributed by atoms with Gasteiger partial charge in [-0.3, -0.25) is 0 Å². The lowest BCUT2D eigenvalue weighted by atomic mass is 10.1. The lowest BCUT2D eigenvalue weighted by Gasteiger charge is -2.16. The fourth-order valence-corrected chi connectivity index (χ4v) is 4.05. The fourth-order valence-electron chi connectivity index (χ4n) is 2.37. The Morgan fingerprint density at radius 3 is 2.76 bits per heavy atom. The van der Waals surface area contributed by atoms with Crippen molar-refractivity contribution in [2.45, 2.75) is 32.9 Å². The van der Waals surface area contributed by atoms with E-state index >= 15 is 0 Å². The van der Waals surface area contributed by atoms with Crippen molar-refractivity contribution in [2.75, 3.05) is 18.1 Å². The van der Waals surface area contributed by atoms with Crippen molar-refractivity contribution < 1.29 is 8.42 Å². The molecule has 116 valence electrons. The maximum absolute atomic E-state index is 11.5. The highest BCUT2D eigenvalue weighted by Crippen LogP contribution is 2.11. The molecule has 0 bridgehead atoms. The molecule has 1 aliphatic heterocycles. The number of benzene rings is 1. The Labute approximate surface area is 126 Å². The van der Waals surface area contributed by atoms with Crippen LogP contribution in [-0.2, 0) is 16.4 Å². The fraction of sp³-hybridized carbons (Fsp3) is 0.533. The second-order valence-electron chi connectivity index (χ2n) is 5.37. The van der Waals surface area contributed by atoms with Gasteiger partial charge in [0.2, 0.25) is 0 Å². The van der Waals surface area contributed by atoms with Crippen LogP contribution in [0.15, 0.2) is 29.3 Å². The summed E-state index contributed by atoms with van der Waals surface area (Å²) in [5, 5.41) is 6.39. The molecule has 0 radical (unpaired) electrons. The van der Waals surface area contributed by atoms with Crippen molar-refractivity contribution in [2.24, 2.45) is 4.99 Å². The van der Waals surface area contributed by atoms with Gasteiger partial charge in [-0.25, -0.2) is 13.4 Å². The number of guanidine groups is 1. The van der Waals surface area contributed by atoms with Crippen LogP contribution < -0.4 is 10.6 Å². The van der Waals surface area contributed by atoms with E-state index in [4.69, 9.17) is 0 Å². The number of hydrogen-bond donors (Lipinski definition) is 2. The summed E-state index contributed by atoms with van der Waals surface area (Å²) in [5.41, 5.74) is 2.38. The first-order valence-electron chi connectivity index (χ1n) is 7.30. The van der Waals surface area contributed by atoms with E-state index in [1.165, 1.54) is 11.1 Å². The van der Waals surface area contributed by atoms with Crippen LogP contribution >= 0.6 is 0 Å².